The summed E-state index contributed by atoms with van der Waals surface area (Å²) in [5.41, 5.74) is 3.08. The number of ether oxygens (including phenoxy) is 1. The first kappa shape index (κ1) is 17.5. The molecule has 0 fully saturated rings. The van der Waals surface area contributed by atoms with Gasteiger partial charge >= 0.3 is 0 Å². The standard InChI is InChI=1S/C17H12Cl2N2O3S/c1-24-12-7-9(5-6-11(12)22)8-20-21-17(23)16-15(19)14-10(18)3-2-4-13(14)25-16/h2-8,22H,1H3,(H,21,23)/b20-8+. The van der Waals surface area contributed by atoms with Gasteiger partial charge < -0.3 is 9.84 Å². The summed E-state index contributed by atoms with van der Waals surface area (Å²) < 4.78 is 5.84. The molecule has 2 N–H and O–H groups in total. The number of rotatable bonds is 4. The molecule has 2 aromatic carbocycles. The first-order valence-corrected chi connectivity index (χ1v) is 8.65. The molecule has 25 heavy (non-hydrogen) atoms. The van der Waals surface area contributed by atoms with E-state index in [4.69, 9.17) is 27.9 Å². The molecule has 5 nitrogen and oxygen atoms in total. The minimum absolute atomic E-state index is 0.0256. The van der Waals surface area contributed by atoms with Gasteiger partial charge in [0.05, 0.1) is 23.4 Å². The van der Waals surface area contributed by atoms with E-state index in [1.807, 2.05) is 6.07 Å². The highest BCUT2D eigenvalue weighted by Crippen LogP contribution is 2.39. The molecule has 0 saturated carbocycles. The molecular weight excluding hydrogens is 383 g/mol. The van der Waals surface area contributed by atoms with Crippen LogP contribution in [-0.2, 0) is 0 Å². The number of nitrogens with zero attached hydrogens (tertiary/aromatic N) is 1. The molecule has 0 spiro atoms. The van der Waals surface area contributed by atoms with Crippen molar-refractivity contribution in [1.82, 2.24) is 5.43 Å². The normalized spacial score (nSPS) is 11.2. The molecule has 1 heterocycles. The highest BCUT2D eigenvalue weighted by Gasteiger charge is 2.18. The quantitative estimate of drug-likeness (QED) is 0.498. The SMILES string of the molecule is COc1cc(/C=N/NC(=O)c2sc3cccc(Cl)c3c2Cl)ccc1O. The van der Waals surface area contributed by atoms with E-state index in [-0.39, 0.29) is 5.75 Å². The number of thiophene rings is 1. The molecule has 3 rings (SSSR count). The van der Waals surface area contributed by atoms with Crippen molar-refractivity contribution in [3.05, 3.63) is 56.9 Å². The monoisotopic (exact) mass is 394 g/mol. The molecule has 0 unspecified atom stereocenters. The number of carbonyl (C=O) groups excluding carboxylic acids is 1. The lowest BCUT2D eigenvalue weighted by molar-refractivity contribution is 0.0959. The molecule has 0 radical (unpaired) electrons. The first-order chi connectivity index (χ1) is 12.0. The smallest absolute Gasteiger partial charge is 0.283 e. The molecule has 1 amide bonds. The number of hydrazone groups is 1. The zero-order valence-electron chi connectivity index (χ0n) is 12.9. The predicted octanol–water partition coefficient (Wildman–Crippen LogP) is 4.69. The summed E-state index contributed by atoms with van der Waals surface area (Å²) in [6.45, 7) is 0. The van der Waals surface area contributed by atoms with Crippen LogP contribution in [-0.4, -0.2) is 24.3 Å². The Morgan fingerprint density at radius 1 is 1.32 bits per heavy atom. The minimum Gasteiger partial charge on any atom is -0.504 e. The van der Waals surface area contributed by atoms with Gasteiger partial charge in [0.15, 0.2) is 11.5 Å². The molecule has 8 heteroatoms. The fourth-order valence-electron chi connectivity index (χ4n) is 2.21. The summed E-state index contributed by atoms with van der Waals surface area (Å²) in [6.07, 6.45) is 1.44. The third-order valence-corrected chi connectivity index (χ3v) is 5.35. The van der Waals surface area contributed by atoms with Crippen molar-refractivity contribution in [2.45, 2.75) is 0 Å². The van der Waals surface area contributed by atoms with E-state index < -0.39 is 5.91 Å². The van der Waals surface area contributed by atoms with E-state index in [9.17, 15) is 9.90 Å². The number of phenols is 1. The number of benzene rings is 2. The fourth-order valence-corrected chi connectivity index (χ4v) is 4.05. The Labute approximate surface area is 157 Å². The number of methoxy groups -OCH3 is 1. The number of aromatic hydroxyl groups is 1. The van der Waals surface area contributed by atoms with Crippen LogP contribution >= 0.6 is 34.5 Å². The number of fused-ring (bicyclic) bond motifs is 1. The maximum atomic E-state index is 12.3. The lowest BCUT2D eigenvalue weighted by Gasteiger charge is -2.03. The van der Waals surface area contributed by atoms with Gasteiger partial charge in [-0.3, -0.25) is 4.79 Å². The van der Waals surface area contributed by atoms with E-state index >= 15 is 0 Å². The maximum Gasteiger partial charge on any atom is 0.283 e. The molecule has 0 aliphatic heterocycles. The van der Waals surface area contributed by atoms with Crippen LogP contribution in [0.5, 0.6) is 11.5 Å². The van der Waals surface area contributed by atoms with Crippen molar-refractivity contribution in [1.29, 1.82) is 0 Å². The van der Waals surface area contributed by atoms with Crippen LogP contribution in [0.25, 0.3) is 10.1 Å². The van der Waals surface area contributed by atoms with E-state index in [1.165, 1.54) is 30.7 Å². The molecule has 1 aromatic heterocycles. The molecule has 0 aliphatic rings. The average molecular weight is 395 g/mol. The lowest BCUT2D eigenvalue weighted by Crippen LogP contribution is -2.16. The lowest BCUT2D eigenvalue weighted by atomic mass is 10.2. The van der Waals surface area contributed by atoms with Gasteiger partial charge in [-0.15, -0.1) is 11.3 Å². The summed E-state index contributed by atoms with van der Waals surface area (Å²) in [6, 6.07) is 10.1. The Bertz CT molecular complexity index is 985. The van der Waals surface area contributed by atoms with Gasteiger partial charge in [-0.05, 0) is 35.9 Å². The number of nitrogens with one attached hydrogen (secondary N) is 1. The number of hydrogen-bond donors (Lipinski definition) is 2. The summed E-state index contributed by atoms with van der Waals surface area (Å²) in [5, 5.41) is 14.9. The Balaban J connectivity index is 1.79. The van der Waals surface area contributed by atoms with Crippen LogP contribution in [0, 0.1) is 0 Å². The second kappa shape index (κ2) is 7.31. The fraction of sp³-hybridized carbons (Fsp3) is 0.0588. The summed E-state index contributed by atoms with van der Waals surface area (Å²) >= 11 is 13.7. The number of hydrogen-bond acceptors (Lipinski definition) is 5. The van der Waals surface area contributed by atoms with Crippen molar-refractivity contribution in [3.63, 3.8) is 0 Å². The summed E-state index contributed by atoms with van der Waals surface area (Å²) in [5.74, 6) is -0.0839. The highest BCUT2D eigenvalue weighted by atomic mass is 35.5. The number of carbonyl (C=O) groups is 1. The van der Waals surface area contributed by atoms with Crippen molar-refractivity contribution in [2.24, 2.45) is 5.10 Å². The first-order valence-electron chi connectivity index (χ1n) is 7.08. The van der Waals surface area contributed by atoms with E-state index in [1.54, 1.807) is 24.3 Å². The Morgan fingerprint density at radius 2 is 2.12 bits per heavy atom. The molecule has 0 bridgehead atoms. The number of amides is 1. The van der Waals surface area contributed by atoms with Crippen LogP contribution in [0.3, 0.4) is 0 Å². The van der Waals surface area contributed by atoms with Gasteiger partial charge in [0, 0.05) is 10.1 Å². The van der Waals surface area contributed by atoms with E-state index in [0.717, 1.165) is 4.70 Å². The zero-order valence-corrected chi connectivity index (χ0v) is 15.2. The largest absolute Gasteiger partial charge is 0.504 e. The van der Waals surface area contributed by atoms with Crippen LogP contribution < -0.4 is 10.2 Å². The molecular formula is C17H12Cl2N2O3S. The molecule has 3 aromatic rings. The van der Waals surface area contributed by atoms with Crippen LogP contribution in [0.2, 0.25) is 10.0 Å². The third kappa shape index (κ3) is 3.56. The van der Waals surface area contributed by atoms with Gasteiger partial charge in [0.25, 0.3) is 5.91 Å². The number of halogens is 2. The maximum absolute atomic E-state index is 12.3. The van der Waals surface area contributed by atoms with Crippen molar-refractivity contribution >= 4 is 56.7 Å². The second-order valence-electron chi connectivity index (χ2n) is 4.99. The van der Waals surface area contributed by atoms with E-state index in [2.05, 4.69) is 10.5 Å². The van der Waals surface area contributed by atoms with Gasteiger partial charge in [0.2, 0.25) is 0 Å². The van der Waals surface area contributed by atoms with Crippen LogP contribution in [0.4, 0.5) is 0 Å². The van der Waals surface area contributed by atoms with Gasteiger partial charge in [-0.25, -0.2) is 5.43 Å². The minimum atomic E-state index is -0.427. The number of phenolic OH excluding ortho intramolecular Hbond substituents is 1. The van der Waals surface area contributed by atoms with Crippen LogP contribution in [0.1, 0.15) is 15.2 Å². The third-order valence-electron chi connectivity index (χ3n) is 3.40. The van der Waals surface area contributed by atoms with E-state index in [0.29, 0.717) is 31.6 Å². The highest BCUT2D eigenvalue weighted by molar-refractivity contribution is 7.21. The average Bonchev–Trinajstić information content (AvgIpc) is 2.94. The van der Waals surface area contributed by atoms with Crippen molar-refractivity contribution < 1.29 is 14.6 Å². The summed E-state index contributed by atoms with van der Waals surface area (Å²) in [4.78, 5) is 12.6. The van der Waals surface area contributed by atoms with Gasteiger partial charge in [0.1, 0.15) is 4.88 Å². The van der Waals surface area contributed by atoms with Crippen molar-refractivity contribution in [2.75, 3.05) is 7.11 Å². The molecule has 0 atom stereocenters. The topological polar surface area (TPSA) is 70.9 Å². The Morgan fingerprint density at radius 3 is 2.84 bits per heavy atom. The summed E-state index contributed by atoms with van der Waals surface area (Å²) in [7, 11) is 1.45. The molecule has 0 aliphatic carbocycles. The Hall–Kier alpha value is -2.28. The predicted molar refractivity (Wildman–Crippen MR) is 102 cm³/mol. The Kier molecular flexibility index (Phi) is 5.13. The van der Waals surface area contributed by atoms with Crippen molar-refractivity contribution in [3.8, 4) is 11.5 Å². The van der Waals surface area contributed by atoms with Gasteiger partial charge in [-0.2, -0.15) is 5.10 Å². The van der Waals surface area contributed by atoms with Gasteiger partial charge in [-0.1, -0.05) is 29.3 Å². The molecule has 128 valence electrons. The zero-order chi connectivity index (χ0) is 18.0. The molecule has 0 saturated heterocycles. The van der Waals surface area contributed by atoms with Crippen LogP contribution in [0.15, 0.2) is 41.5 Å². The second-order valence-corrected chi connectivity index (χ2v) is 6.83.